The molecule has 4 N–H and O–H groups in total. The van der Waals surface area contributed by atoms with E-state index in [0.717, 1.165) is 5.56 Å². The fourth-order valence-electron chi connectivity index (χ4n) is 3.71. The number of hydrogen-bond donors (Lipinski definition) is 4. The topological polar surface area (TPSA) is 151 Å². The van der Waals surface area contributed by atoms with Crippen LogP contribution in [0.3, 0.4) is 0 Å². The van der Waals surface area contributed by atoms with Crippen LogP contribution in [0.15, 0.2) is 72.0 Å². The van der Waals surface area contributed by atoms with Crippen LogP contribution in [-0.2, 0) is 16.0 Å². The molecule has 0 saturated carbocycles. The largest absolute Gasteiger partial charge is 0.496 e. The number of nitrogens with one attached hydrogen (secondary N) is 4. The summed E-state index contributed by atoms with van der Waals surface area (Å²) in [6.45, 7) is 3.64. The fraction of sp³-hybridized carbons (Fsp3) is 0.192. The first kappa shape index (κ1) is 25.2. The number of oxazole rings is 1. The molecule has 2 aromatic carbocycles. The van der Waals surface area contributed by atoms with Gasteiger partial charge in [-0.3, -0.25) is 14.4 Å². The number of aromatic amines is 1. The highest BCUT2D eigenvalue weighted by atomic mass is 16.5. The molecule has 0 aliphatic rings. The molecule has 2 aromatic heterocycles. The zero-order valence-electron chi connectivity index (χ0n) is 20.5. The molecule has 0 spiro atoms. The number of nitrogens with zero attached hydrogens (tertiary/aromatic N) is 2. The van der Waals surface area contributed by atoms with Crippen LogP contribution >= 0.6 is 0 Å². The van der Waals surface area contributed by atoms with E-state index in [0.29, 0.717) is 40.6 Å². The maximum atomic E-state index is 12.6. The fourth-order valence-corrected chi connectivity index (χ4v) is 3.71. The number of hydrogen-bond acceptors (Lipinski definition) is 7. The minimum atomic E-state index is -0.806. The van der Waals surface area contributed by atoms with Crippen molar-refractivity contribution in [3.8, 4) is 17.1 Å². The number of carbonyl (C=O) groups excluding carboxylic acids is 3. The van der Waals surface area contributed by atoms with Gasteiger partial charge >= 0.3 is 11.8 Å². The average molecular weight is 503 g/mol. The number of amides is 3. The standard InChI is InChI=1S/C26H26N6O5/c1-26(2,11-16-4-6-17(7-5-16)30-23(33)20-12-27-14-29-20)32-25(35)24(34)31-18-8-9-19(21(10-18)36-3)22-13-28-15-37-22/h4-10,12-15H,11H2,1-3H3,(H,27,29)(H,30,33)(H,31,34)(H,32,35). The Morgan fingerprint density at radius 2 is 1.73 bits per heavy atom. The molecule has 11 nitrogen and oxygen atoms in total. The van der Waals surface area contributed by atoms with E-state index >= 15 is 0 Å². The zero-order valence-corrected chi connectivity index (χ0v) is 20.5. The molecule has 4 aromatic rings. The summed E-state index contributed by atoms with van der Waals surface area (Å²) in [5.41, 5.74) is 2.23. The Kier molecular flexibility index (Phi) is 7.33. The summed E-state index contributed by atoms with van der Waals surface area (Å²) >= 11 is 0. The molecule has 3 amide bonds. The Balaban J connectivity index is 1.33. The minimum absolute atomic E-state index is 0.297. The lowest BCUT2D eigenvalue weighted by atomic mass is 9.94. The van der Waals surface area contributed by atoms with Crippen LogP contribution in [0.25, 0.3) is 11.3 Å². The second kappa shape index (κ2) is 10.8. The Labute approximate surface area is 212 Å². The maximum Gasteiger partial charge on any atom is 0.313 e. The van der Waals surface area contributed by atoms with Gasteiger partial charge in [0.15, 0.2) is 12.2 Å². The van der Waals surface area contributed by atoms with Crippen LogP contribution in [0, 0.1) is 0 Å². The molecule has 37 heavy (non-hydrogen) atoms. The van der Waals surface area contributed by atoms with Crippen LogP contribution in [0.1, 0.15) is 29.9 Å². The minimum Gasteiger partial charge on any atom is -0.496 e. The SMILES string of the molecule is COc1cc(NC(=O)C(=O)NC(C)(C)Cc2ccc(NC(=O)c3cnc[nH]3)cc2)ccc1-c1cnco1. The van der Waals surface area contributed by atoms with Gasteiger partial charge < -0.3 is 30.1 Å². The van der Waals surface area contributed by atoms with Crippen molar-refractivity contribution in [2.75, 3.05) is 17.7 Å². The van der Waals surface area contributed by atoms with Crippen molar-refractivity contribution in [3.63, 3.8) is 0 Å². The van der Waals surface area contributed by atoms with Crippen molar-refractivity contribution < 1.29 is 23.5 Å². The Morgan fingerprint density at radius 3 is 2.38 bits per heavy atom. The van der Waals surface area contributed by atoms with Gasteiger partial charge in [-0.15, -0.1) is 0 Å². The maximum absolute atomic E-state index is 12.6. The van der Waals surface area contributed by atoms with E-state index in [9.17, 15) is 14.4 Å². The Hall–Kier alpha value is -4.93. The first-order valence-electron chi connectivity index (χ1n) is 11.3. The van der Waals surface area contributed by atoms with Crippen LogP contribution in [0.4, 0.5) is 11.4 Å². The highest BCUT2D eigenvalue weighted by Gasteiger charge is 2.25. The highest BCUT2D eigenvalue weighted by molar-refractivity contribution is 6.39. The lowest BCUT2D eigenvalue weighted by Gasteiger charge is -2.26. The Morgan fingerprint density at radius 1 is 0.973 bits per heavy atom. The summed E-state index contributed by atoms with van der Waals surface area (Å²) in [6.07, 6.45) is 6.19. The molecular weight excluding hydrogens is 476 g/mol. The molecule has 0 saturated heterocycles. The van der Waals surface area contributed by atoms with Crippen molar-refractivity contribution in [2.45, 2.75) is 25.8 Å². The number of H-pyrrole nitrogens is 1. The quantitative estimate of drug-likeness (QED) is 0.270. The molecule has 0 fully saturated rings. The predicted molar refractivity (Wildman–Crippen MR) is 136 cm³/mol. The molecule has 2 heterocycles. The van der Waals surface area contributed by atoms with Crippen LogP contribution in [-0.4, -0.2) is 45.3 Å². The monoisotopic (exact) mass is 502 g/mol. The van der Waals surface area contributed by atoms with Crippen molar-refractivity contribution in [1.29, 1.82) is 0 Å². The molecule has 0 unspecified atom stereocenters. The van der Waals surface area contributed by atoms with Crippen molar-refractivity contribution >= 4 is 29.1 Å². The molecule has 4 rings (SSSR count). The van der Waals surface area contributed by atoms with E-state index in [1.807, 2.05) is 26.0 Å². The molecular formula is C26H26N6O5. The first-order chi connectivity index (χ1) is 17.7. The summed E-state index contributed by atoms with van der Waals surface area (Å²) < 4.78 is 10.7. The molecule has 0 atom stereocenters. The van der Waals surface area contributed by atoms with Gasteiger partial charge in [-0.05, 0) is 50.1 Å². The molecule has 0 radical (unpaired) electrons. The van der Waals surface area contributed by atoms with Crippen LogP contribution in [0.5, 0.6) is 5.75 Å². The summed E-state index contributed by atoms with van der Waals surface area (Å²) in [5, 5.41) is 8.13. The number of rotatable bonds is 8. The van der Waals surface area contributed by atoms with Crippen molar-refractivity contribution in [3.05, 3.63) is 78.8 Å². The number of carbonyl (C=O) groups is 3. The van der Waals surface area contributed by atoms with E-state index in [1.54, 1.807) is 36.5 Å². The normalized spacial score (nSPS) is 11.0. The van der Waals surface area contributed by atoms with Gasteiger partial charge in [0, 0.05) is 23.0 Å². The average Bonchev–Trinajstić information content (AvgIpc) is 3.59. The second-order valence-corrected chi connectivity index (χ2v) is 8.87. The van der Waals surface area contributed by atoms with Gasteiger partial charge in [0.05, 0.1) is 31.4 Å². The van der Waals surface area contributed by atoms with Gasteiger partial charge in [0.2, 0.25) is 0 Å². The Bertz CT molecular complexity index is 1380. The zero-order chi connectivity index (χ0) is 26.4. The van der Waals surface area contributed by atoms with Crippen molar-refractivity contribution in [1.82, 2.24) is 20.3 Å². The van der Waals surface area contributed by atoms with Crippen LogP contribution < -0.4 is 20.7 Å². The summed E-state index contributed by atoms with van der Waals surface area (Å²) in [6, 6.07) is 12.2. The van der Waals surface area contributed by atoms with Gasteiger partial charge in [0.25, 0.3) is 5.91 Å². The number of benzene rings is 2. The molecule has 190 valence electrons. The van der Waals surface area contributed by atoms with Gasteiger partial charge in [0.1, 0.15) is 11.4 Å². The van der Waals surface area contributed by atoms with Crippen molar-refractivity contribution in [2.24, 2.45) is 0 Å². The van der Waals surface area contributed by atoms with Gasteiger partial charge in [-0.1, -0.05) is 12.1 Å². The number of imidazole rings is 1. The first-order valence-corrected chi connectivity index (χ1v) is 11.3. The number of anilines is 2. The van der Waals surface area contributed by atoms with Gasteiger partial charge in [-0.2, -0.15) is 0 Å². The second-order valence-electron chi connectivity index (χ2n) is 8.87. The third-order valence-electron chi connectivity index (χ3n) is 5.42. The number of methoxy groups -OCH3 is 1. The van der Waals surface area contributed by atoms with E-state index in [-0.39, 0.29) is 5.91 Å². The number of aromatic nitrogens is 3. The lowest BCUT2D eigenvalue weighted by molar-refractivity contribution is -0.137. The third-order valence-corrected chi connectivity index (χ3v) is 5.42. The molecule has 0 bridgehead atoms. The van der Waals surface area contributed by atoms with E-state index in [1.165, 1.54) is 26.0 Å². The molecule has 11 heteroatoms. The summed E-state index contributed by atoms with van der Waals surface area (Å²) in [4.78, 5) is 47.8. The molecule has 0 aliphatic carbocycles. The van der Waals surface area contributed by atoms with Crippen LogP contribution in [0.2, 0.25) is 0 Å². The summed E-state index contributed by atoms with van der Waals surface area (Å²) in [5.74, 6) is -0.901. The van der Waals surface area contributed by atoms with E-state index in [2.05, 4.69) is 30.9 Å². The highest BCUT2D eigenvalue weighted by Crippen LogP contribution is 2.32. The van der Waals surface area contributed by atoms with E-state index in [4.69, 9.17) is 9.15 Å². The van der Waals surface area contributed by atoms with E-state index < -0.39 is 17.4 Å². The smallest absolute Gasteiger partial charge is 0.313 e. The predicted octanol–water partition coefficient (Wildman–Crippen LogP) is 3.40. The third kappa shape index (κ3) is 6.40. The van der Waals surface area contributed by atoms with Gasteiger partial charge in [-0.25, -0.2) is 9.97 Å². The lowest BCUT2D eigenvalue weighted by Crippen LogP contribution is -2.49. The summed E-state index contributed by atoms with van der Waals surface area (Å²) in [7, 11) is 1.50. The molecule has 0 aliphatic heterocycles. The number of ether oxygens (including phenoxy) is 1.